The third kappa shape index (κ3) is 3.48. The number of aliphatic hydroxyl groups is 1. The zero-order chi connectivity index (χ0) is 21.4. The molecule has 1 saturated heterocycles. The molecule has 0 bridgehead atoms. The summed E-state index contributed by atoms with van der Waals surface area (Å²) < 4.78 is 6.80. The highest BCUT2D eigenvalue weighted by Gasteiger charge is 2.46. The molecular weight excluding hydrogens is 386 g/mol. The van der Waals surface area contributed by atoms with E-state index in [0.717, 1.165) is 27.3 Å². The second kappa shape index (κ2) is 7.75. The molecule has 1 atom stereocenters. The van der Waals surface area contributed by atoms with Gasteiger partial charge in [-0.05, 0) is 26.3 Å². The minimum Gasteiger partial charge on any atom is -0.394 e. The summed E-state index contributed by atoms with van der Waals surface area (Å²) in [6.45, 7) is 5.83. The van der Waals surface area contributed by atoms with Crippen LogP contribution in [-0.4, -0.2) is 49.5 Å². The molecule has 0 radical (unpaired) electrons. The molecule has 1 aliphatic rings. The number of urea groups is 1. The molecule has 9 nitrogen and oxygen atoms in total. The first-order valence-corrected chi connectivity index (χ1v) is 9.64. The van der Waals surface area contributed by atoms with Crippen molar-refractivity contribution >= 4 is 17.6 Å². The number of carbonyl (C=O) groups is 2. The van der Waals surface area contributed by atoms with Crippen molar-refractivity contribution in [2.75, 3.05) is 11.5 Å². The molecule has 1 N–H and O–H groups in total. The van der Waals surface area contributed by atoms with E-state index in [1.165, 1.54) is 11.1 Å². The lowest BCUT2D eigenvalue weighted by molar-refractivity contribution is -0.120. The predicted octanol–water partition coefficient (Wildman–Crippen LogP) is 2.17. The van der Waals surface area contributed by atoms with Crippen LogP contribution >= 0.6 is 0 Å². The molecule has 4 rings (SSSR count). The Balaban J connectivity index is 1.58. The Kier molecular flexibility index (Phi) is 5.13. The molecule has 2 aromatic heterocycles. The van der Waals surface area contributed by atoms with Crippen molar-refractivity contribution in [3.8, 4) is 0 Å². The van der Waals surface area contributed by atoms with Crippen molar-refractivity contribution in [1.82, 2.24) is 19.8 Å². The summed E-state index contributed by atoms with van der Waals surface area (Å²) in [7, 11) is 0. The van der Waals surface area contributed by atoms with Gasteiger partial charge in [-0.2, -0.15) is 5.10 Å². The summed E-state index contributed by atoms with van der Waals surface area (Å²) in [6.07, 6.45) is 3.10. The van der Waals surface area contributed by atoms with E-state index >= 15 is 0 Å². The van der Waals surface area contributed by atoms with Gasteiger partial charge in [0.2, 0.25) is 0 Å². The summed E-state index contributed by atoms with van der Waals surface area (Å²) >= 11 is 0. The number of hydrogen-bond donors (Lipinski definition) is 1. The molecular formula is C21H23N5O4. The largest absolute Gasteiger partial charge is 0.394 e. The van der Waals surface area contributed by atoms with Gasteiger partial charge < -0.3 is 14.5 Å². The highest BCUT2D eigenvalue weighted by atomic mass is 16.5. The predicted molar refractivity (Wildman–Crippen MR) is 108 cm³/mol. The van der Waals surface area contributed by atoms with Crippen LogP contribution < -0.4 is 4.90 Å². The molecule has 1 aliphatic heterocycles. The number of anilines is 1. The van der Waals surface area contributed by atoms with E-state index in [0.29, 0.717) is 18.0 Å². The number of carbonyl (C=O) groups excluding carboxylic acids is 2. The molecule has 1 aromatic carbocycles. The standard InChI is InChI=1S/C21H23N5O4/c1-13-5-4-6-16(7-13)9-25-19(12-27)20(28)26(21(25)29)17-8-22-24(10-17)11-18-14(2)23-30-15(18)3/h4-8,10,19,27H,9,11-12H2,1-3H3/t19-/m0/s1. The topological polar surface area (TPSA) is 105 Å². The molecule has 0 saturated carbocycles. The maximum Gasteiger partial charge on any atom is 0.332 e. The molecule has 9 heteroatoms. The second-order valence-corrected chi connectivity index (χ2v) is 7.47. The molecule has 1 fully saturated rings. The number of aliphatic hydroxyl groups excluding tert-OH is 1. The van der Waals surface area contributed by atoms with Gasteiger partial charge >= 0.3 is 6.03 Å². The minimum atomic E-state index is -0.927. The van der Waals surface area contributed by atoms with E-state index in [2.05, 4.69) is 10.3 Å². The Morgan fingerprint density at radius 2 is 1.97 bits per heavy atom. The molecule has 0 unspecified atom stereocenters. The van der Waals surface area contributed by atoms with E-state index in [4.69, 9.17) is 4.52 Å². The molecule has 30 heavy (non-hydrogen) atoms. The van der Waals surface area contributed by atoms with Crippen LogP contribution in [0.15, 0.2) is 41.2 Å². The highest BCUT2D eigenvalue weighted by Crippen LogP contribution is 2.27. The van der Waals surface area contributed by atoms with Gasteiger partial charge in [-0.1, -0.05) is 35.0 Å². The van der Waals surface area contributed by atoms with Crippen LogP contribution in [0, 0.1) is 20.8 Å². The summed E-state index contributed by atoms with van der Waals surface area (Å²) in [4.78, 5) is 28.4. The Hall–Kier alpha value is -3.46. The minimum absolute atomic E-state index is 0.237. The van der Waals surface area contributed by atoms with Gasteiger partial charge in [-0.15, -0.1) is 0 Å². The van der Waals surface area contributed by atoms with E-state index in [-0.39, 0.29) is 6.54 Å². The molecule has 3 amide bonds. The van der Waals surface area contributed by atoms with E-state index < -0.39 is 24.6 Å². The molecule has 156 valence electrons. The number of imide groups is 1. The fraction of sp³-hybridized carbons (Fsp3) is 0.333. The quantitative estimate of drug-likeness (QED) is 0.626. The number of aromatic nitrogens is 3. The van der Waals surface area contributed by atoms with Gasteiger partial charge in [0.25, 0.3) is 5.91 Å². The summed E-state index contributed by atoms with van der Waals surface area (Å²) in [5.41, 5.74) is 3.98. The van der Waals surface area contributed by atoms with Crippen LogP contribution in [0.25, 0.3) is 0 Å². The van der Waals surface area contributed by atoms with Crippen molar-refractivity contribution in [3.05, 3.63) is 64.8 Å². The average Bonchev–Trinajstić information content (AvgIpc) is 3.35. The lowest BCUT2D eigenvalue weighted by Gasteiger charge is -2.20. The van der Waals surface area contributed by atoms with Gasteiger partial charge in [0.05, 0.1) is 30.7 Å². The van der Waals surface area contributed by atoms with Crippen molar-refractivity contribution < 1.29 is 19.2 Å². The Morgan fingerprint density at radius 1 is 1.17 bits per heavy atom. The second-order valence-electron chi connectivity index (χ2n) is 7.47. The molecule has 3 heterocycles. The van der Waals surface area contributed by atoms with Gasteiger partial charge in [0, 0.05) is 18.3 Å². The summed E-state index contributed by atoms with van der Waals surface area (Å²) in [6, 6.07) is 6.31. The molecule has 3 aromatic rings. The van der Waals surface area contributed by atoms with Crippen LogP contribution in [0.5, 0.6) is 0 Å². The number of hydrogen-bond acceptors (Lipinski definition) is 6. The van der Waals surface area contributed by atoms with Gasteiger partial charge in [-0.25, -0.2) is 9.69 Å². The first kappa shape index (κ1) is 19.8. The molecule has 0 aliphatic carbocycles. The van der Waals surface area contributed by atoms with Crippen molar-refractivity contribution in [2.24, 2.45) is 0 Å². The van der Waals surface area contributed by atoms with Crippen LogP contribution in [0.3, 0.4) is 0 Å². The number of nitrogens with zero attached hydrogens (tertiary/aromatic N) is 5. The van der Waals surface area contributed by atoms with Crippen LogP contribution in [-0.2, 0) is 17.9 Å². The number of rotatable bonds is 6. The van der Waals surface area contributed by atoms with Crippen LogP contribution in [0.1, 0.15) is 28.1 Å². The van der Waals surface area contributed by atoms with E-state index in [1.807, 2.05) is 45.0 Å². The van der Waals surface area contributed by atoms with E-state index in [1.54, 1.807) is 10.9 Å². The van der Waals surface area contributed by atoms with Crippen molar-refractivity contribution in [1.29, 1.82) is 0 Å². The fourth-order valence-corrected chi connectivity index (χ4v) is 3.68. The third-order valence-electron chi connectivity index (χ3n) is 5.31. The number of amides is 3. The summed E-state index contributed by atoms with van der Waals surface area (Å²) in [5.74, 6) is 0.231. The normalized spacial score (nSPS) is 16.7. The Morgan fingerprint density at radius 3 is 2.63 bits per heavy atom. The fourth-order valence-electron chi connectivity index (χ4n) is 3.68. The molecule has 0 spiro atoms. The van der Waals surface area contributed by atoms with Crippen LogP contribution in [0.2, 0.25) is 0 Å². The van der Waals surface area contributed by atoms with E-state index in [9.17, 15) is 14.7 Å². The maximum atomic E-state index is 13.1. The summed E-state index contributed by atoms with van der Waals surface area (Å²) in [5, 5.41) is 18.0. The van der Waals surface area contributed by atoms with Crippen molar-refractivity contribution in [2.45, 2.75) is 39.9 Å². The number of benzene rings is 1. The first-order valence-electron chi connectivity index (χ1n) is 9.64. The Labute approximate surface area is 173 Å². The lowest BCUT2D eigenvalue weighted by Crippen LogP contribution is -2.37. The maximum absolute atomic E-state index is 13.1. The highest BCUT2D eigenvalue weighted by molar-refractivity contribution is 6.21. The zero-order valence-electron chi connectivity index (χ0n) is 17.1. The zero-order valence-corrected chi connectivity index (χ0v) is 17.1. The van der Waals surface area contributed by atoms with Gasteiger partial charge in [-0.3, -0.25) is 9.48 Å². The number of aryl methyl sites for hydroxylation is 3. The average molecular weight is 409 g/mol. The first-order chi connectivity index (χ1) is 14.4. The smallest absolute Gasteiger partial charge is 0.332 e. The van der Waals surface area contributed by atoms with Gasteiger partial charge in [0.15, 0.2) is 0 Å². The third-order valence-corrected chi connectivity index (χ3v) is 5.31. The van der Waals surface area contributed by atoms with Crippen molar-refractivity contribution in [3.63, 3.8) is 0 Å². The van der Waals surface area contributed by atoms with Gasteiger partial charge in [0.1, 0.15) is 11.8 Å². The Bertz CT molecular complexity index is 1080. The SMILES string of the molecule is Cc1cccc(CN2C(=O)N(c3cnn(Cc4c(C)noc4C)c3)C(=O)[C@@H]2CO)c1. The monoisotopic (exact) mass is 409 g/mol. The van der Waals surface area contributed by atoms with Crippen LogP contribution in [0.4, 0.5) is 10.5 Å². The lowest BCUT2D eigenvalue weighted by atomic mass is 10.1.